The molecule has 1 aromatic carbocycles. The highest BCUT2D eigenvalue weighted by Gasteiger charge is 2.20. The summed E-state index contributed by atoms with van der Waals surface area (Å²) in [5.41, 5.74) is 0.209. The van der Waals surface area contributed by atoms with Gasteiger partial charge < -0.3 is 15.3 Å². The second kappa shape index (κ2) is 5.12. The van der Waals surface area contributed by atoms with Crippen LogP contribution in [0.15, 0.2) is 22.7 Å². The highest BCUT2D eigenvalue weighted by Crippen LogP contribution is 2.29. The summed E-state index contributed by atoms with van der Waals surface area (Å²) in [6, 6.07) is 6.29. The summed E-state index contributed by atoms with van der Waals surface area (Å²) >= 11 is 3.16. The van der Waals surface area contributed by atoms with Gasteiger partial charge in [0, 0.05) is 10.0 Å². The van der Waals surface area contributed by atoms with Gasteiger partial charge in [-0.3, -0.25) is 0 Å². The van der Waals surface area contributed by atoms with Gasteiger partial charge >= 0.3 is 0 Å². The van der Waals surface area contributed by atoms with Crippen LogP contribution in [0.1, 0.15) is 18.1 Å². The number of benzene rings is 1. The second-order valence-corrected chi connectivity index (χ2v) is 3.99. The van der Waals surface area contributed by atoms with E-state index in [-0.39, 0.29) is 17.7 Å². The van der Waals surface area contributed by atoms with Gasteiger partial charge in [0.25, 0.3) is 0 Å². The topological polar surface area (TPSA) is 84.5 Å². The molecule has 3 N–H and O–H groups in total. The van der Waals surface area contributed by atoms with Gasteiger partial charge in [-0.2, -0.15) is 5.26 Å². The van der Waals surface area contributed by atoms with Gasteiger partial charge in [-0.15, -0.1) is 0 Å². The molecule has 4 nitrogen and oxygen atoms in total. The number of aromatic hydroxyl groups is 1. The van der Waals surface area contributed by atoms with Crippen molar-refractivity contribution in [2.75, 3.05) is 0 Å². The first-order valence-corrected chi connectivity index (χ1v) is 5.07. The first kappa shape index (κ1) is 12.0. The van der Waals surface area contributed by atoms with Crippen LogP contribution in [0.25, 0.3) is 0 Å². The fourth-order valence-corrected chi connectivity index (χ4v) is 1.53. The lowest BCUT2D eigenvalue weighted by atomic mass is 10.0. The lowest BCUT2D eigenvalue weighted by molar-refractivity contribution is 0.0202. The number of rotatable bonds is 3. The molecule has 2 unspecified atom stereocenters. The van der Waals surface area contributed by atoms with E-state index in [2.05, 4.69) is 15.9 Å². The Morgan fingerprint density at radius 1 is 1.40 bits per heavy atom. The van der Waals surface area contributed by atoms with E-state index in [1.807, 2.05) is 0 Å². The average molecular weight is 272 g/mol. The lowest BCUT2D eigenvalue weighted by Gasteiger charge is -2.16. The molecule has 0 saturated heterocycles. The predicted octanol–water partition coefficient (Wildman–Crippen LogP) is 1.46. The van der Waals surface area contributed by atoms with Crippen LogP contribution in [-0.4, -0.2) is 21.4 Å². The molecule has 0 aliphatic carbocycles. The van der Waals surface area contributed by atoms with E-state index in [4.69, 9.17) is 5.26 Å². The molecule has 0 aliphatic heterocycles. The Labute approximate surface area is 95.5 Å². The third-order valence-electron chi connectivity index (χ3n) is 1.98. The number of halogens is 1. The second-order valence-electron chi connectivity index (χ2n) is 3.08. The van der Waals surface area contributed by atoms with Crippen LogP contribution in [0.3, 0.4) is 0 Å². The van der Waals surface area contributed by atoms with E-state index in [0.29, 0.717) is 4.47 Å². The molecule has 0 aliphatic rings. The van der Waals surface area contributed by atoms with E-state index in [1.165, 1.54) is 12.1 Å². The predicted molar refractivity (Wildman–Crippen MR) is 57.0 cm³/mol. The maximum absolute atomic E-state index is 9.62. The molecule has 0 bridgehead atoms. The monoisotopic (exact) mass is 271 g/mol. The van der Waals surface area contributed by atoms with E-state index in [0.717, 1.165) is 0 Å². The Bertz CT molecular complexity index is 389. The largest absolute Gasteiger partial charge is 0.508 e. The number of phenols is 1. The van der Waals surface area contributed by atoms with Crippen molar-refractivity contribution in [1.82, 2.24) is 0 Å². The molecule has 1 aromatic rings. The fourth-order valence-electron chi connectivity index (χ4n) is 1.18. The minimum absolute atomic E-state index is 0.117. The Morgan fingerprint density at radius 3 is 2.60 bits per heavy atom. The van der Waals surface area contributed by atoms with Crippen molar-refractivity contribution < 1.29 is 15.3 Å². The number of hydrogen-bond donors (Lipinski definition) is 3. The summed E-state index contributed by atoms with van der Waals surface area (Å²) in [7, 11) is 0. The van der Waals surface area contributed by atoms with Crippen LogP contribution in [0.5, 0.6) is 5.75 Å². The Hall–Kier alpha value is -1.09. The molecule has 0 saturated carbocycles. The molecule has 1 rings (SSSR count). The maximum Gasteiger partial charge on any atom is 0.122 e. The molecule has 80 valence electrons. The Morgan fingerprint density at radius 2 is 2.07 bits per heavy atom. The molecule has 0 amide bonds. The first-order valence-electron chi connectivity index (χ1n) is 4.27. The summed E-state index contributed by atoms with van der Waals surface area (Å²) in [6.07, 6.45) is -2.63. The van der Waals surface area contributed by atoms with E-state index in [1.54, 1.807) is 12.1 Å². The van der Waals surface area contributed by atoms with Crippen LogP contribution < -0.4 is 0 Å². The number of nitrogens with zero attached hydrogens (tertiary/aromatic N) is 1. The molecule has 0 spiro atoms. The van der Waals surface area contributed by atoms with Crippen molar-refractivity contribution in [3.05, 3.63) is 28.2 Å². The number of hydrogen-bond acceptors (Lipinski definition) is 4. The number of aliphatic hydroxyl groups is 2. The molecule has 0 aromatic heterocycles. The SMILES string of the molecule is N#CCC(O)C(O)c1ccc(Br)cc1O. The van der Waals surface area contributed by atoms with Gasteiger partial charge in [-0.25, -0.2) is 0 Å². The van der Waals surface area contributed by atoms with Crippen molar-refractivity contribution in [1.29, 1.82) is 5.26 Å². The summed E-state index contributed by atoms with van der Waals surface area (Å²) < 4.78 is 0.672. The summed E-state index contributed by atoms with van der Waals surface area (Å²) in [5, 5.41) is 36.8. The number of phenolic OH excluding ortho intramolecular Hbond substituents is 1. The normalized spacial score (nSPS) is 14.3. The molecule has 15 heavy (non-hydrogen) atoms. The van der Waals surface area contributed by atoms with Gasteiger partial charge in [0.05, 0.1) is 18.6 Å². The van der Waals surface area contributed by atoms with Gasteiger partial charge in [0.2, 0.25) is 0 Å². The van der Waals surface area contributed by atoms with Gasteiger partial charge in [-0.1, -0.05) is 22.0 Å². The average Bonchev–Trinajstić information content (AvgIpc) is 2.17. The highest BCUT2D eigenvalue weighted by atomic mass is 79.9. The van der Waals surface area contributed by atoms with Crippen LogP contribution in [0.4, 0.5) is 0 Å². The van der Waals surface area contributed by atoms with E-state index < -0.39 is 12.2 Å². The van der Waals surface area contributed by atoms with Crippen molar-refractivity contribution in [2.24, 2.45) is 0 Å². The standard InChI is InChI=1S/C10H10BrNO3/c11-6-1-2-7(9(14)5-6)10(15)8(13)3-4-12/h1-2,5,8,10,13-15H,3H2. The zero-order valence-corrected chi connectivity index (χ0v) is 9.35. The van der Waals surface area contributed by atoms with E-state index >= 15 is 0 Å². The minimum atomic E-state index is -1.25. The first-order chi connectivity index (χ1) is 7.06. The van der Waals surface area contributed by atoms with Crippen molar-refractivity contribution in [3.63, 3.8) is 0 Å². The van der Waals surface area contributed by atoms with Crippen LogP contribution >= 0.6 is 15.9 Å². The third-order valence-corrected chi connectivity index (χ3v) is 2.47. The molecule has 5 heteroatoms. The number of aliphatic hydroxyl groups excluding tert-OH is 2. The van der Waals surface area contributed by atoms with Crippen LogP contribution in [0.2, 0.25) is 0 Å². The van der Waals surface area contributed by atoms with Crippen molar-refractivity contribution in [3.8, 4) is 11.8 Å². The summed E-state index contributed by atoms with van der Waals surface area (Å²) in [6.45, 7) is 0. The zero-order chi connectivity index (χ0) is 11.4. The molecular formula is C10H10BrNO3. The molecule has 2 atom stereocenters. The lowest BCUT2D eigenvalue weighted by Crippen LogP contribution is -2.17. The fraction of sp³-hybridized carbons (Fsp3) is 0.300. The molecule has 0 heterocycles. The summed E-state index contributed by atoms with van der Waals surface area (Å²) in [4.78, 5) is 0. The molecular weight excluding hydrogens is 262 g/mol. The molecule has 0 fully saturated rings. The Kier molecular flexibility index (Phi) is 4.09. The van der Waals surface area contributed by atoms with Crippen LogP contribution in [-0.2, 0) is 0 Å². The minimum Gasteiger partial charge on any atom is -0.508 e. The molecule has 0 radical (unpaired) electrons. The highest BCUT2D eigenvalue weighted by molar-refractivity contribution is 9.10. The number of nitriles is 1. The van der Waals surface area contributed by atoms with Crippen LogP contribution in [0, 0.1) is 11.3 Å². The van der Waals surface area contributed by atoms with Crippen molar-refractivity contribution in [2.45, 2.75) is 18.6 Å². The quantitative estimate of drug-likeness (QED) is 0.777. The maximum atomic E-state index is 9.62. The Balaban J connectivity index is 2.91. The van der Waals surface area contributed by atoms with Gasteiger partial charge in [0.15, 0.2) is 0 Å². The third kappa shape index (κ3) is 2.93. The van der Waals surface area contributed by atoms with Gasteiger partial charge in [-0.05, 0) is 12.1 Å². The summed E-state index contributed by atoms with van der Waals surface area (Å²) in [5.74, 6) is -0.117. The van der Waals surface area contributed by atoms with Crippen molar-refractivity contribution >= 4 is 15.9 Å². The van der Waals surface area contributed by atoms with E-state index in [9.17, 15) is 15.3 Å². The smallest absolute Gasteiger partial charge is 0.122 e. The zero-order valence-electron chi connectivity index (χ0n) is 7.76. The van der Waals surface area contributed by atoms with Gasteiger partial charge in [0.1, 0.15) is 11.9 Å².